The molecule has 0 amide bonds. The molecule has 0 N–H and O–H groups in total. The summed E-state index contributed by atoms with van der Waals surface area (Å²) in [7, 11) is 1.99. The Morgan fingerprint density at radius 2 is 1.58 bits per heavy atom. The minimum Gasteiger partial charge on any atom is -0.349 e. The lowest BCUT2D eigenvalue weighted by atomic mass is 10.0. The molecule has 2 aromatic heterocycles. The number of fused-ring (bicyclic) bond motifs is 2. The van der Waals surface area contributed by atoms with Crippen molar-refractivity contribution in [3.63, 3.8) is 0 Å². The minimum absolute atomic E-state index is 0.149. The third-order valence-electron chi connectivity index (χ3n) is 5.48. The maximum Gasteiger partial charge on any atom is 0.148 e. The van der Waals surface area contributed by atoms with Crippen molar-refractivity contribution < 1.29 is 4.39 Å². The summed E-state index contributed by atoms with van der Waals surface area (Å²) in [4.78, 5) is 0. The van der Waals surface area contributed by atoms with Crippen LogP contribution in [-0.2, 0) is 20.0 Å². The molecule has 2 nitrogen and oxygen atoms in total. The Morgan fingerprint density at radius 1 is 0.923 bits per heavy atom. The van der Waals surface area contributed by atoms with E-state index in [-0.39, 0.29) is 5.82 Å². The highest BCUT2D eigenvalue weighted by Gasteiger charge is 2.17. The fourth-order valence-corrected chi connectivity index (χ4v) is 4.44. The van der Waals surface area contributed by atoms with Crippen LogP contribution in [0.1, 0.15) is 29.2 Å². The number of hydrogen-bond donors (Lipinski definition) is 0. The van der Waals surface area contributed by atoms with E-state index >= 15 is 0 Å². The van der Waals surface area contributed by atoms with Gasteiger partial charge in [0.1, 0.15) is 5.82 Å². The van der Waals surface area contributed by atoms with Gasteiger partial charge in [0.2, 0.25) is 0 Å². The average Bonchev–Trinajstić information content (AvgIpc) is 3.07. The second-order valence-corrected chi connectivity index (χ2v) is 7.46. The molecule has 0 radical (unpaired) electrons. The average molecular weight is 369 g/mol. The van der Waals surface area contributed by atoms with Gasteiger partial charge in [-0.3, -0.25) is 0 Å². The minimum atomic E-state index is -0.149. The fraction of sp³-hybridized carbons (Fsp3) is 0.273. The summed E-state index contributed by atoms with van der Waals surface area (Å²) >= 11 is 6.51. The molecule has 0 saturated carbocycles. The predicted molar refractivity (Wildman–Crippen MR) is 108 cm³/mol. The molecule has 0 aliphatic heterocycles. The Bertz CT molecular complexity index is 1150. The smallest absolute Gasteiger partial charge is 0.148 e. The lowest BCUT2D eigenvalue weighted by Gasteiger charge is -2.12. The van der Waals surface area contributed by atoms with Crippen molar-refractivity contribution in [3.05, 3.63) is 69.8 Å². The van der Waals surface area contributed by atoms with Gasteiger partial charge in [0.25, 0.3) is 0 Å². The predicted octanol–water partition coefficient (Wildman–Crippen LogP) is 6.15. The molecular formula is C22H22ClFN2. The summed E-state index contributed by atoms with van der Waals surface area (Å²) in [5, 5.41) is 2.54. The van der Waals surface area contributed by atoms with Gasteiger partial charge in [0.05, 0.1) is 10.5 Å². The monoisotopic (exact) mass is 368 g/mol. The number of nitrogens with zero attached hydrogens (tertiary/aromatic N) is 2. The van der Waals surface area contributed by atoms with Crippen LogP contribution in [0.4, 0.5) is 4.39 Å². The summed E-state index contributed by atoms with van der Waals surface area (Å²) in [5.74, 6) is -0.149. The Balaban J connectivity index is 1.95. The highest BCUT2D eigenvalue weighted by molar-refractivity contribution is 6.36. The van der Waals surface area contributed by atoms with E-state index in [0.29, 0.717) is 6.54 Å². The summed E-state index contributed by atoms with van der Waals surface area (Å²) in [6, 6.07) is 8.31. The van der Waals surface area contributed by atoms with Gasteiger partial charge < -0.3 is 9.13 Å². The summed E-state index contributed by atoms with van der Waals surface area (Å²) in [6.07, 6.45) is 4.38. The molecule has 0 spiro atoms. The van der Waals surface area contributed by atoms with Crippen molar-refractivity contribution in [2.45, 2.75) is 33.7 Å². The van der Waals surface area contributed by atoms with Gasteiger partial charge in [-0.1, -0.05) is 30.7 Å². The number of benzene rings is 2. The zero-order valence-electron chi connectivity index (χ0n) is 15.5. The lowest BCUT2D eigenvalue weighted by Crippen LogP contribution is -2.02. The van der Waals surface area contributed by atoms with Crippen LogP contribution in [0.3, 0.4) is 0 Å². The van der Waals surface area contributed by atoms with E-state index in [1.165, 1.54) is 0 Å². The fourth-order valence-electron chi connectivity index (χ4n) is 4.08. The third-order valence-corrected chi connectivity index (χ3v) is 5.76. The molecule has 0 aliphatic carbocycles. The van der Waals surface area contributed by atoms with Gasteiger partial charge in [0, 0.05) is 42.3 Å². The number of halogens is 2. The van der Waals surface area contributed by atoms with Gasteiger partial charge in [-0.05, 0) is 54.7 Å². The molecule has 134 valence electrons. The summed E-state index contributed by atoms with van der Waals surface area (Å²) in [5.41, 5.74) is 6.57. The number of aryl methyl sites for hydroxylation is 4. The highest BCUT2D eigenvalue weighted by Crippen LogP contribution is 2.33. The zero-order valence-corrected chi connectivity index (χ0v) is 16.3. The lowest BCUT2D eigenvalue weighted by molar-refractivity contribution is 0.629. The Kier molecular flexibility index (Phi) is 4.07. The summed E-state index contributed by atoms with van der Waals surface area (Å²) < 4.78 is 18.8. The van der Waals surface area contributed by atoms with Gasteiger partial charge in [-0.15, -0.1) is 0 Å². The van der Waals surface area contributed by atoms with Crippen LogP contribution in [-0.4, -0.2) is 9.13 Å². The maximum absolute atomic E-state index is 14.8. The van der Waals surface area contributed by atoms with E-state index in [0.717, 1.165) is 55.5 Å². The number of rotatable bonds is 3. The van der Waals surface area contributed by atoms with Crippen LogP contribution >= 0.6 is 11.6 Å². The van der Waals surface area contributed by atoms with Crippen LogP contribution in [0.15, 0.2) is 36.7 Å². The molecule has 2 heterocycles. The Morgan fingerprint density at radius 3 is 2.27 bits per heavy atom. The second-order valence-electron chi connectivity index (χ2n) is 7.06. The molecule has 4 aromatic rings. The van der Waals surface area contributed by atoms with Crippen molar-refractivity contribution in [2.24, 2.45) is 7.05 Å². The quantitative estimate of drug-likeness (QED) is 0.410. The normalized spacial score (nSPS) is 11.8. The first kappa shape index (κ1) is 17.2. The Labute approximate surface area is 157 Å². The summed E-state index contributed by atoms with van der Waals surface area (Å²) in [6.45, 7) is 6.80. The van der Waals surface area contributed by atoms with Crippen LogP contribution in [0.5, 0.6) is 0 Å². The molecule has 0 unspecified atom stereocenters. The van der Waals surface area contributed by atoms with Crippen molar-refractivity contribution in [1.29, 1.82) is 0 Å². The number of hydrogen-bond acceptors (Lipinski definition) is 0. The molecule has 4 heteroatoms. The largest absolute Gasteiger partial charge is 0.349 e. The molecule has 4 rings (SSSR count). The first-order chi connectivity index (χ1) is 12.4. The van der Waals surface area contributed by atoms with Crippen molar-refractivity contribution in [1.82, 2.24) is 9.13 Å². The van der Waals surface area contributed by atoms with E-state index in [2.05, 4.69) is 32.0 Å². The maximum atomic E-state index is 14.8. The van der Waals surface area contributed by atoms with Gasteiger partial charge >= 0.3 is 0 Å². The van der Waals surface area contributed by atoms with Crippen molar-refractivity contribution in [3.8, 4) is 0 Å². The molecule has 2 aromatic carbocycles. The van der Waals surface area contributed by atoms with Gasteiger partial charge in [-0.25, -0.2) is 4.39 Å². The van der Waals surface area contributed by atoms with Crippen LogP contribution in [0, 0.1) is 19.7 Å². The van der Waals surface area contributed by atoms with E-state index in [1.54, 1.807) is 6.20 Å². The van der Waals surface area contributed by atoms with Crippen LogP contribution in [0.25, 0.3) is 21.8 Å². The second kappa shape index (κ2) is 6.17. The standard InChI is InChI=1S/C22H22ClFN2/c1-5-15-13(2)7-9-20-22(15)18(24)12-26(20)10-16-14(3)6-8-19-21(16)17(23)11-25(19)4/h6-9,11-12H,5,10H2,1-4H3. The third kappa shape index (κ3) is 2.45. The molecule has 0 aliphatic rings. The number of aromatic nitrogens is 2. The van der Waals surface area contributed by atoms with Crippen LogP contribution < -0.4 is 0 Å². The molecule has 0 bridgehead atoms. The van der Waals surface area contributed by atoms with Crippen molar-refractivity contribution >= 4 is 33.4 Å². The first-order valence-electron chi connectivity index (χ1n) is 8.92. The van der Waals surface area contributed by atoms with Crippen LogP contribution in [0.2, 0.25) is 5.02 Å². The van der Waals surface area contributed by atoms with E-state index < -0.39 is 0 Å². The van der Waals surface area contributed by atoms with E-state index in [9.17, 15) is 4.39 Å². The molecular weight excluding hydrogens is 347 g/mol. The molecule has 0 fully saturated rings. The first-order valence-corrected chi connectivity index (χ1v) is 9.30. The topological polar surface area (TPSA) is 9.86 Å². The Hall–Kier alpha value is -2.26. The highest BCUT2D eigenvalue weighted by atomic mass is 35.5. The SMILES string of the molecule is CCc1c(C)ccc2c1c(F)cn2Cc1c(C)ccc2c1c(Cl)cn2C. The van der Waals surface area contributed by atoms with Gasteiger partial charge in [0.15, 0.2) is 0 Å². The van der Waals surface area contributed by atoms with Gasteiger partial charge in [-0.2, -0.15) is 0 Å². The van der Waals surface area contributed by atoms with E-state index in [4.69, 9.17) is 11.6 Å². The van der Waals surface area contributed by atoms with E-state index in [1.807, 2.05) is 35.4 Å². The van der Waals surface area contributed by atoms with Crippen molar-refractivity contribution in [2.75, 3.05) is 0 Å². The molecule has 26 heavy (non-hydrogen) atoms. The molecule has 0 atom stereocenters. The molecule has 0 saturated heterocycles. The zero-order chi connectivity index (χ0) is 18.6.